The van der Waals surface area contributed by atoms with E-state index in [1.165, 1.54) is 12.3 Å². The minimum Gasteiger partial charge on any atom is -0.662 e. The Morgan fingerprint density at radius 1 is 0.500 bits per heavy atom. The van der Waals surface area contributed by atoms with Crippen LogP contribution < -0.4 is 18.9 Å². The Morgan fingerprint density at radius 3 is 0.875 bits per heavy atom. The van der Waals surface area contributed by atoms with Crippen LogP contribution in [0, 0.1) is 0 Å². The number of rotatable bonds is 6. The van der Waals surface area contributed by atoms with E-state index >= 15 is 0 Å². The van der Waals surface area contributed by atoms with Crippen LogP contribution in [-0.2, 0) is 0 Å². The molecule has 4 heteroatoms. The van der Waals surface area contributed by atoms with Gasteiger partial charge in [0.15, 0.2) is 0 Å². The van der Waals surface area contributed by atoms with Gasteiger partial charge >= 0.3 is 18.9 Å². The molecule has 0 radical (unpaired) electrons. The molecular weight excluding hydrogens is 323 g/mol. The summed E-state index contributed by atoms with van der Waals surface area (Å²) >= 11 is 0. The second-order valence-corrected chi connectivity index (χ2v) is 18.6. The quantitative estimate of drug-likeness (QED) is 0.372. The third-order valence-corrected chi connectivity index (χ3v) is 12.0. The standard InChI is InChI=1S/C20H44NP2.Li/c1-17(2,3)22(18(4,5)6)15-13-21-14-16-23(19(7,8)9)20(10,11)12;/h13-16H2,1-12H3;/q-1;+1. The van der Waals surface area contributed by atoms with Crippen molar-refractivity contribution in [2.75, 3.05) is 25.4 Å². The molecule has 0 rings (SSSR count). The average Bonchev–Trinajstić information content (AvgIpc) is 2.19. The van der Waals surface area contributed by atoms with Gasteiger partial charge < -0.3 is 5.32 Å². The van der Waals surface area contributed by atoms with E-state index in [0.29, 0.717) is 20.6 Å². The summed E-state index contributed by atoms with van der Waals surface area (Å²) in [5, 5.41) is 6.63. The third kappa shape index (κ3) is 10.5. The Balaban J connectivity index is 0. The van der Waals surface area contributed by atoms with Crippen LogP contribution in [0.25, 0.3) is 5.32 Å². The van der Waals surface area contributed by atoms with E-state index < -0.39 is 0 Å². The van der Waals surface area contributed by atoms with Crippen molar-refractivity contribution in [3.8, 4) is 0 Å². The van der Waals surface area contributed by atoms with Crippen molar-refractivity contribution in [1.82, 2.24) is 0 Å². The van der Waals surface area contributed by atoms with Crippen molar-refractivity contribution in [2.24, 2.45) is 0 Å². The Labute approximate surface area is 169 Å². The number of hydrogen-bond donors (Lipinski definition) is 0. The summed E-state index contributed by atoms with van der Waals surface area (Å²) in [5.41, 5.74) is 0. The molecule has 0 aromatic heterocycles. The molecule has 0 bridgehead atoms. The van der Waals surface area contributed by atoms with Crippen molar-refractivity contribution < 1.29 is 18.9 Å². The summed E-state index contributed by atoms with van der Waals surface area (Å²) in [7, 11) is -0.0166. The van der Waals surface area contributed by atoms with Crippen LogP contribution in [-0.4, -0.2) is 46.0 Å². The Hall–Kier alpha value is 1.42. The van der Waals surface area contributed by atoms with Gasteiger partial charge in [0.25, 0.3) is 0 Å². The molecule has 140 valence electrons. The van der Waals surface area contributed by atoms with Crippen molar-refractivity contribution in [3.63, 3.8) is 0 Å². The summed E-state index contributed by atoms with van der Waals surface area (Å²) < 4.78 is 0. The summed E-state index contributed by atoms with van der Waals surface area (Å²) in [6, 6.07) is 0. The van der Waals surface area contributed by atoms with Crippen molar-refractivity contribution in [1.29, 1.82) is 0 Å². The van der Waals surface area contributed by atoms with Gasteiger partial charge in [-0.1, -0.05) is 111 Å². The third-order valence-electron chi connectivity index (χ3n) is 4.20. The van der Waals surface area contributed by atoms with Gasteiger partial charge in [0.2, 0.25) is 0 Å². The Morgan fingerprint density at radius 2 is 0.708 bits per heavy atom. The summed E-state index contributed by atoms with van der Waals surface area (Å²) in [4.78, 5) is 0. The fraction of sp³-hybridized carbons (Fsp3) is 1.00. The van der Waals surface area contributed by atoms with Gasteiger partial charge in [-0.25, -0.2) is 0 Å². The van der Waals surface area contributed by atoms with Crippen molar-refractivity contribution in [3.05, 3.63) is 5.32 Å². The summed E-state index contributed by atoms with van der Waals surface area (Å²) in [5.74, 6) is 0. The predicted octanol–water partition coefficient (Wildman–Crippen LogP) is 4.52. The maximum Gasteiger partial charge on any atom is 1.00 e. The Bertz CT molecular complexity index is 281. The zero-order valence-electron chi connectivity index (χ0n) is 19.2. The average molecular weight is 367 g/mol. The molecule has 0 unspecified atom stereocenters. The fourth-order valence-corrected chi connectivity index (χ4v) is 11.2. The van der Waals surface area contributed by atoms with E-state index in [1.807, 2.05) is 0 Å². The normalized spacial score (nSPS) is 14.2. The fourth-order valence-electron chi connectivity index (χ4n) is 3.81. The second kappa shape index (κ2) is 10.1. The molecule has 0 aromatic rings. The molecule has 0 saturated heterocycles. The first-order valence-electron chi connectivity index (χ1n) is 9.16. The monoisotopic (exact) mass is 367 g/mol. The maximum absolute atomic E-state index is 4.94. The van der Waals surface area contributed by atoms with E-state index in [4.69, 9.17) is 5.32 Å². The number of hydrogen-bond acceptors (Lipinski definition) is 0. The van der Waals surface area contributed by atoms with Gasteiger partial charge in [0, 0.05) is 0 Å². The predicted molar refractivity (Wildman–Crippen MR) is 116 cm³/mol. The minimum absolute atomic E-state index is 0. The molecular formula is C20H44LiNP2. The molecule has 0 aliphatic carbocycles. The molecule has 0 N–H and O–H groups in total. The first-order chi connectivity index (χ1) is 9.97. The topological polar surface area (TPSA) is 14.1 Å². The molecule has 1 nitrogen and oxygen atoms in total. The van der Waals surface area contributed by atoms with Crippen molar-refractivity contribution >= 4 is 15.8 Å². The van der Waals surface area contributed by atoms with E-state index in [1.54, 1.807) is 0 Å². The minimum atomic E-state index is -0.00830. The zero-order chi connectivity index (χ0) is 18.7. The SMILES string of the molecule is CC(C)(C)P(CC[N-]CCP(C(C)(C)C)C(C)(C)C)C(C)(C)C.[Li+]. The van der Waals surface area contributed by atoms with Crippen LogP contribution in [0.4, 0.5) is 0 Å². The van der Waals surface area contributed by atoms with E-state index in [9.17, 15) is 0 Å². The zero-order valence-corrected chi connectivity index (χ0v) is 21.0. The van der Waals surface area contributed by atoms with E-state index in [0.717, 1.165) is 13.1 Å². The Kier molecular flexibility index (Phi) is 11.6. The molecule has 0 heterocycles. The van der Waals surface area contributed by atoms with Crippen LogP contribution >= 0.6 is 15.8 Å². The first-order valence-corrected chi connectivity index (χ1v) is 12.2. The van der Waals surface area contributed by atoms with Crippen LogP contribution in [0.15, 0.2) is 0 Å². The van der Waals surface area contributed by atoms with Crippen LogP contribution in [0.5, 0.6) is 0 Å². The first kappa shape index (κ1) is 27.6. The molecule has 0 aliphatic rings. The number of nitrogens with zero attached hydrogens (tertiary/aromatic N) is 1. The van der Waals surface area contributed by atoms with Crippen molar-refractivity contribution in [2.45, 2.75) is 104 Å². The molecule has 0 aromatic carbocycles. The summed E-state index contributed by atoms with van der Waals surface area (Å²) in [6.45, 7) is 31.0. The van der Waals surface area contributed by atoms with E-state index in [-0.39, 0.29) is 34.7 Å². The second-order valence-electron chi connectivity index (χ2n) is 10.7. The van der Waals surface area contributed by atoms with Gasteiger partial charge in [-0.3, -0.25) is 0 Å². The molecule has 0 spiro atoms. The van der Waals surface area contributed by atoms with Crippen LogP contribution in [0.1, 0.15) is 83.1 Å². The smallest absolute Gasteiger partial charge is 0.662 e. The van der Waals surface area contributed by atoms with Gasteiger partial charge in [0.05, 0.1) is 0 Å². The maximum atomic E-state index is 4.94. The van der Waals surface area contributed by atoms with Crippen LogP contribution in [0.3, 0.4) is 0 Å². The van der Waals surface area contributed by atoms with Crippen LogP contribution in [0.2, 0.25) is 0 Å². The van der Waals surface area contributed by atoms with E-state index in [2.05, 4.69) is 83.1 Å². The molecule has 0 saturated carbocycles. The molecule has 0 fully saturated rings. The summed E-state index contributed by atoms with van der Waals surface area (Å²) in [6.07, 6.45) is 2.57. The van der Waals surface area contributed by atoms with Gasteiger partial charge in [-0.05, 0) is 20.6 Å². The van der Waals surface area contributed by atoms with Gasteiger partial charge in [-0.2, -0.15) is 0 Å². The molecule has 0 atom stereocenters. The molecule has 24 heavy (non-hydrogen) atoms. The molecule has 0 aliphatic heterocycles. The molecule has 0 amide bonds. The van der Waals surface area contributed by atoms with Gasteiger partial charge in [-0.15, -0.1) is 13.1 Å². The van der Waals surface area contributed by atoms with Gasteiger partial charge in [0.1, 0.15) is 0 Å². The largest absolute Gasteiger partial charge is 1.00 e.